The molecule has 1 N–H and O–H groups in total. The van der Waals surface area contributed by atoms with Crippen molar-refractivity contribution in [3.05, 3.63) is 58.1 Å². The summed E-state index contributed by atoms with van der Waals surface area (Å²) in [6, 6.07) is 10.1. The van der Waals surface area contributed by atoms with Gasteiger partial charge in [0.1, 0.15) is 5.75 Å². The Morgan fingerprint density at radius 2 is 1.93 bits per heavy atom. The van der Waals surface area contributed by atoms with Crippen molar-refractivity contribution in [2.45, 2.75) is 26.3 Å². The van der Waals surface area contributed by atoms with E-state index in [0.29, 0.717) is 12.1 Å². The number of ether oxygens (including phenoxy) is 1. The number of halogens is 1. The Balaban J connectivity index is 2.31. The van der Waals surface area contributed by atoms with Crippen LogP contribution in [0.4, 0.5) is 5.69 Å². The molecule has 0 bridgehead atoms. The van der Waals surface area contributed by atoms with Gasteiger partial charge in [0.25, 0.3) is 5.91 Å². The van der Waals surface area contributed by atoms with E-state index in [0.717, 1.165) is 27.4 Å². The molecule has 28 heavy (non-hydrogen) atoms. The number of nitrogens with zero attached hydrogens (tertiary/aromatic N) is 1. The smallest absolute Gasteiger partial charge is 0.253 e. The van der Waals surface area contributed by atoms with E-state index >= 15 is 0 Å². The van der Waals surface area contributed by atoms with Crippen molar-refractivity contribution < 1.29 is 17.9 Å². The Labute approximate surface area is 171 Å². The van der Waals surface area contributed by atoms with Crippen molar-refractivity contribution in [3.8, 4) is 5.75 Å². The Bertz CT molecular complexity index is 976. The molecular weight excluding hydrogens is 400 g/mol. The van der Waals surface area contributed by atoms with Crippen LogP contribution in [0.25, 0.3) is 0 Å². The fraction of sp³-hybridized carbons (Fsp3) is 0.350. The molecule has 0 fully saturated rings. The molecule has 0 aliphatic rings. The summed E-state index contributed by atoms with van der Waals surface area (Å²) >= 11 is 6.20. The zero-order valence-corrected chi connectivity index (χ0v) is 18.2. The van der Waals surface area contributed by atoms with Crippen molar-refractivity contribution in [1.82, 2.24) is 5.32 Å². The minimum Gasteiger partial charge on any atom is -0.496 e. The van der Waals surface area contributed by atoms with Gasteiger partial charge < -0.3 is 10.1 Å². The highest BCUT2D eigenvalue weighted by Crippen LogP contribution is 2.27. The lowest BCUT2D eigenvalue weighted by atomic mass is 10.0. The summed E-state index contributed by atoms with van der Waals surface area (Å²) in [5, 5.41) is 3.23. The molecule has 2 aromatic carbocycles. The molecule has 8 heteroatoms. The zero-order valence-electron chi connectivity index (χ0n) is 16.6. The topological polar surface area (TPSA) is 75.7 Å². The molecule has 0 saturated heterocycles. The predicted octanol–water partition coefficient (Wildman–Crippen LogP) is 3.93. The summed E-state index contributed by atoms with van der Waals surface area (Å²) in [4.78, 5) is 12.9. The van der Waals surface area contributed by atoms with Crippen LogP contribution in [0.2, 0.25) is 5.02 Å². The fourth-order valence-electron chi connectivity index (χ4n) is 2.85. The number of rotatable bonds is 7. The highest BCUT2D eigenvalue weighted by Gasteiger charge is 2.20. The Hall–Kier alpha value is -2.25. The minimum absolute atomic E-state index is 0.218. The number of sulfonamides is 1. The van der Waals surface area contributed by atoms with Crippen LogP contribution in [0.3, 0.4) is 0 Å². The standard InChI is InChI=1S/C20H25ClN2O4S/c1-6-18(14-7-10-19(27-4)13(2)11-14)22-20(24)16-12-15(8-9-17(16)21)23(3)28(5,25)26/h7-12,18H,6H2,1-5H3,(H,22,24)/t18-/m1/s1. The second-order valence-electron chi connectivity index (χ2n) is 6.56. The largest absolute Gasteiger partial charge is 0.496 e. The molecule has 1 amide bonds. The van der Waals surface area contributed by atoms with Gasteiger partial charge in [0.15, 0.2) is 0 Å². The maximum Gasteiger partial charge on any atom is 0.253 e. The van der Waals surface area contributed by atoms with Crippen LogP contribution in [-0.4, -0.2) is 34.7 Å². The second-order valence-corrected chi connectivity index (χ2v) is 8.98. The first-order valence-corrected chi connectivity index (χ1v) is 11.0. The molecule has 1 atom stereocenters. The van der Waals surface area contributed by atoms with E-state index in [1.807, 2.05) is 32.0 Å². The van der Waals surface area contributed by atoms with Gasteiger partial charge in [0, 0.05) is 7.05 Å². The molecule has 2 aromatic rings. The number of hydrogen-bond acceptors (Lipinski definition) is 4. The van der Waals surface area contributed by atoms with Crippen LogP contribution in [0.5, 0.6) is 5.75 Å². The van der Waals surface area contributed by atoms with Crippen LogP contribution in [-0.2, 0) is 10.0 Å². The SMILES string of the molecule is CC[C@@H](NC(=O)c1cc(N(C)S(C)(=O)=O)ccc1Cl)c1ccc(OC)c(C)c1. The summed E-state index contributed by atoms with van der Waals surface area (Å²) in [7, 11) is -0.406. The third kappa shape index (κ3) is 4.97. The summed E-state index contributed by atoms with van der Waals surface area (Å²) in [5.74, 6) is 0.415. The normalized spacial score (nSPS) is 12.4. The molecule has 2 rings (SSSR count). The van der Waals surface area contributed by atoms with Gasteiger partial charge in [-0.2, -0.15) is 0 Å². The highest BCUT2D eigenvalue weighted by atomic mass is 35.5. The molecule has 152 valence electrons. The number of nitrogens with one attached hydrogen (secondary N) is 1. The van der Waals surface area contributed by atoms with Gasteiger partial charge in [-0.05, 0) is 48.7 Å². The quantitative estimate of drug-likeness (QED) is 0.730. The van der Waals surface area contributed by atoms with E-state index in [2.05, 4.69) is 5.32 Å². The first-order chi connectivity index (χ1) is 13.1. The van der Waals surface area contributed by atoms with Gasteiger partial charge in [-0.25, -0.2) is 8.42 Å². The number of aryl methyl sites for hydroxylation is 1. The van der Waals surface area contributed by atoms with Gasteiger partial charge in [-0.1, -0.05) is 30.7 Å². The molecule has 0 radical (unpaired) electrons. The van der Waals surface area contributed by atoms with Crippen LogP contribution in [0.1, 0.15) is 40.9 Å². The van der Waals surface area contributed by atoms with Crippen LogP contribution in [0, 0.1) is 6.92 Å². The molecule has 0 aliphatic heterocycles. The second kappa shape index (κ2) is 8.84. The first kappa shape index (κ1) is 22.0. The summed E-state index contributed by atoms with van der Waals surface area (Å²) < 4.78 is 29.9. The molecule has 6 nitrogen and oxygen atoms in total. The maximum absolute atomic E-state index is 12.9. The molecular formula is C20H25ClN2O4S. The lowest BCUT2D eigenvalue weighted by Gasteiger charge is -2.21. The van der Waals surface area contributed by atoms with E-state index in [9.17, 15) is 13.2 Å². The van der Waals surface area contributed by atoms with Crippen molar-refractivity contribution >= 4 is 33.2 Å². The van der Waals surface area contributed by atoms with Crippen LogP contribution < -0.4 is 14.4 Å². The number of carbonyl (C=O) groups excluding carboxylic acids is 1. The summed E-state index contributed by atoms with van der Waals surface area (Å²) in [6.45, 7) is 3.91. The fourth-order valence-corrected chi connectivity index (χ4v) is 3.55. The summed E-state index contributed by atoms with van der Waals surface area (Å²) in [6.07, 6.45) is 1.78. The zero-order chi connectivity index (χ0) is 21.1. The molecule has 0 aromatic heterocycles. The number of amides is 1. The molecule has 0 spiro atoms. The van der Waals surface area contributed by atoms with E-state index in [1.165, 1.54) is 19.2 Å². The number of benzene rings is 2. The average molecular weight is 425 g/mol. The Kier molecular flexibility index (Phi) is 6.96. The van der Waals surface area contributed by atoms with Crippen LogP contribution in [0.15, 0.2) is 36.4 Å². The lowest BCUT2D eigenvalue weighted by molar-refractivity contribution is 0.0935. The predicted molar refractivity (Wildman–Crippen MR) is 113 cm³/mol. The van der Waals surface area contributed by atoms with Crippen molar-refractivity contribution in [3.63, 3.8) is 0 Å². The summed E-state index contributed by atoms with van der Waals surface area (Å²) in [5.41, 5.74) is 2.51. The molecule has 0 aliphatic carbocycles. The van der Waals surface area contributed by atoms with Gasteiger partial charge in [0.05, 0.1) is 35.7 Å². The maximum atomic E-state index is 12.9. The van der Waals surface area contributed by atoms with Gasteiger partial charge in [-0.15, -0.1) is 0 Å². The van der Waals surface area contributed by atoms with E-state index in [4.69, 9.17) is 16.3 Å². The number of hydrogen-bond donors (Lipinski definition) is 1. The number of anilines is 1. The Morgan fingerprint density at radius 3 is 2.46 bits per heavy atom. The number of carbonyl (C=O) groups is 1. The van der Waals surface area contributed by atoms with Gasteiger partial charge in [-0.3, -0.25) is 9.10 Å². The highest BCUT2D eigenvalue weighted by molar-refractivity contribution is 7.92. The van der Waals surface area contributed by atoms with E-state index in [-0.39, 0.29) is 22.5 Å². The third-order valence-corrected chi connectivity index (χ3v) is 6.13. The van der Waals surface area contributed by atoms with Crippen molar-refractivity contribution in [2.75, 3.05) is 24.7 Å². The van der Waals surface area contributed by atoms with E-state index < -0.39 is 10.0 Å². The monoisotopic (exact) mass is 424 g/mol. The number of methoxy groups -OCH3 is 1. The first-order valence-electron chi connectivity index (χ1n) is 8.77. The van der Waals surface area contributed by atoms with Crippen molar-refractivity contribution in [2.24, 2.45) is 0 Å². The third-order valence-electron chi connectivity index (χ3n) is 4.59. The lowest BCUT2D eigenvalue weighted by Crippen LogP contribution is -2.29. The van der Waals surface area contributed by atoms with Gasteiger partial charge in [0.2, 0.25) is 10.0 Å². The average Bonchev–Trinajstić information content (AvgIpc) is 2.64. The van der Waals surface area contributed by atoms with Crippen molar-refractivity contribution in [1.29, 1.82) is 0 Å². The van der Waals surface area contributed by atoms with Crippen LogP contribution >= 0.6 is 11.6 Å². The van der Waals surface area contributed by atoms with Gasteiger partial charge >= 0.3 is 0 Å². The molecule has 0 heterocycles. The Morgan fingerprint density at radius 1 is 1.25 bits per heavy atom. The van der Waals surface area contributed by atoms with E-state index in [1.54, 1.807) is 13.2 Å². The molecule has 0 unspecified atom stereocenters. The minimum atomic E-state index is -3.45. The molecule has 0 saturated carbocycles.